The molecule has 0 N–H and O–H groups in total. The van der Waals surface area contributed by atoms with Crippen LogP contribution in [0.15, 0.2) is 34.8 Å². The van der Waals surface area contributed by atoms with Gasteiger partial charge in [0.2, 0.25) is 0 Å². The fourth-order valence-electron chi connectivity index (χ4n) is 0.815. The molecule has 0 fully saturated rings. The highest BCUT2D eigenvalue weighted by molar-refractivity contribution is 6.55. The topological polar surface area (TPSA) is 0 Å². The van der Waals surface area contributed by atoms with E-state index in [1.54, 1.807) is 18.2 Å². The molecule has 0 nitrogen and oxygen atoms in total. The molecule has 0 bridgehead atoms. The van der Waals surface area contributed by atoms with E-state index in [1.165, 1.54) is 12.1 Å². The lowest BCUT2D eigenvalue weighted by atomic mass is 10.1. The SMILES string of the molecule is Fc1ccc(CC=C(Cl)Cl)cc1. The fraction of sp³-hybridized carbons (Fsp3) is 0.111. The highest BCUT2D eigenvalue weighted by Crippen LogP contribution is 2.10. The largest absolute Gasteiger partial charge is 0.207 e. The summed E-state index contributed by atoms with van der Waals surface area (Å²) in [5.74, 6) is -0.236. The molecule has 0 aliphatic heterocycles. The molecule has 1 rings (SSSR count). The van der Waals surface area contributed by atoms with Crippen molar-refractivity contribution in [3.05, 3.63) is 46.2 Å². The Morgan fingerprint density at radius 2 is 1.83 bits per heavy atom. The van der Waals surface area contributed by atoms with Crippen molar-refractivity contribution in [1.29, 1.82) is 0 Å². The normalized spacial score (nSPS) is 9.58. The Morgan fingerprint density at radius 3 is 2.33 bits per heavy atom. The predicted molar refractivity (Wildman–Crippen MR) is 49.9 cm³/mol. The van der Waals surface area contributed by atoms with Crippen LogP contribution in [0.1, 0.15) is 5.56 Å². The molecule has 0 unspecified atom stereocenters. The summed E-state index contributed by atoms with van der Waals surface area (Å²) in [6.45, 7) is 0. The summed E-state index contributed by atoms with van der Waals surface area (Å²) >= 11 is 10.8. The van der Waals surface area contributed by atoms with E-state index in [9.17, 15) is 4.39 Å². The number of allylic oxidation sites excluding steroid dienone is 1. The first-order valence-electron chi connectivity index (χ1n) is 3.44. The summed E-state index contributed by atoms with van der Waals surface area (Å²) in [5.41, 5.74) is 0.982. The maximum absolute atomic E-state index is 12.4. The summed E-state index contributed by atoms with van der Waals surface area (Å²) in [5, 5.41) is 0. The van der Waals surface area contributed by atoms with Crippen LogP contribution in [-0.4, -0.2) is 0 Å². The molecule has 0 heterocycles. The summed E-state index contributed by atoms with van der Waals surface area (Å²) in [4.78, 5) is 0. The summed E-state index contributed by atoms with van der Waals surface area (Å²) in [6.07, 6.45) is 2.29. The minimum absolute atomic E-state index is 0.235. The third kappa shape index (κ3) is 3.24. The third-order valence-corrected chi connectivity index (χ3v) is 1.71. The smallest absolute Gasteiger partial charge is 0.123 e. The minimum Gasteiger partial charge on any atom is -0.207 e. The number of hydrogen-bond acceptors (Lipinski definition) is 0. The summed E-state index contributed by atoms with van der Waals surface area (Å²) in [6, 6.07) is 6.21. The Hall–Kier alpha value is -0.530. The van der Waals surface area contributed by atoms with Crippen LogP contribution in [0.5, 0.6) is 0 Å². The van der Waals surface area contributed by atoms with Gasteiger partial charge in [0, 0.05) is 0 Å². The Balaban J connectivity index is 2.65. The maximum atomic E-state index is 12.4. The van der Waals surface area contributed by atoms with Gasteiger partial charge in [0.1, 0.15) is 10.3 Å². The molecule has 0 saturated heterocycles. The van der Waals surface area contributed by atoms with Gasteiger partial charge in [0.05, 0.1) is 0 Å². The van der Waals surface area contributed by atoms with Gasteiger partial charge in [-0.15, -0.1) is 0 Å². The molecule has 0 saturated carbocycles. The molecule has 0 aromatic heterocycles. The Bertz CT molecular complexity index is 273. The molecular formula is C9H7Cl2F. The third-order valence-electron chi connectivity index (χ3n) is 1.41. The minimum atomic E-state index is -0.236. The molecule has 1 aromatic carbocycles. The standard InChI is InChI=1S/C9H7Cl2F/c10-9(11)6-3-7-1-4-8(12)5-2-7/h1-2,4-6H,3H2. The Morgan fingerprint density at radius 1 is 1.25 bits per heavy atom. The van der Waals surface area contributed by atoms with E-state index in [0.29, 0.717) is 6.42 Å². The van der Waals surface area contributed by atoms with Crippen LogP contribution in [0.3, 0.4) is 0 Å². The van der Waals surface area contributed by atoms with Gasteiger partial charge in [-0.05, 0) is 30.2 Å². The molecule has 0 aliphatic rings. The van der Waals surface area contributed by atoms with Crippen molar-refractivity contribution in [3.8, 4) is 0 Å². The molecular weight excluding hydrogens is 198 g/mol. The van der Waals surface area contributed by atoms with Gasteiger partial charge in [-0.1, -0.05) is 35.3 Å². The monoisotopic (exact) mass is 204 g/mol. The maximum Gasteiger partial charge on any atom is 0.123 e. The van der Waals surface area contributed by atoms with Gasteiger partial charge in [-0.3, -0.25) is 0 Å². The van der Waals surface area contributed by atoms with Crippen LogP contribution in [0.2, 0.25) is 0 Å². The first-order valence-corrected chi connectivity index (χ1v) is 4.19. The second kappa shape index (κ2) is 4.48. The van der Waals surface area contributed by atoms with E-state index in [4.69, 9.17) is 23.2 Å². The fourth-order valence-corrected chi connectivity index (χ4v) is 0.970. The zero-order valence-electron chi connectivity index (χ0n) is 6.23. The molecule has 64 valence electrons. The molecule has 0 radical (unpaired) electrons. The molecule has 3 heteroatoms. The highest BCUT2D eigenvalue weighted by atomic mass is 35.5. The second-order valence-electron chi connectivity index (χ2n) is 2.32. The predicted octanol–water partition coefficient (Wildman–Crippen LogP) is 3.69. The summed E-state index contributed by atoms with van der Waals surface area (Å²) in [7, 11) is 0. The van der Waals surface area contributed by atoms with Crippen molar-refractivity contribution in [2.45, 2.75) is 6.42 Å². The van der Waals surface area contributed by atoms with Crippen molar-refractivity contribution in [2.24, 2.45) is 0 Å². The van der Waals surface area contributed by atoms with E-state index in [0.717, 1.165) is 5.56 Å². The van der Waals surface area contributed by atoms with Crippen molar-refractivity contribution >= 4 is 23.2 Å². The highest BCUT2D eigenvalue weighted by Gasteiger charge is 1.91. The van der Waals surface area contributed by atoms with E-state index >= 15 is 0 Å². The summed E-state index contributed by atoms with van der Waals surface area (Å²) < 4.78 is 12.7. The van der Waals surface area contributed by atoms with Crippen LogP contribution >= 0.6 is 23.2 Å². The molecule has 0 amide bonds. The van der Waals surface area contributed by atoms with Crippen molar-refractivity contribution in [2.75, 3.05) is 0 Å². The van der Waals surface area contributed by atoms with Crippen LogP contribution < -0.4 is 0 Å². The van der Waals surface area contributed by atoms with Gasteiger partial charge in [-0.25, -0.2) is 4.39 Å². The zero-order chi connectivity index (χ0) is 8.97. The quantitative estimate of drug-likeness (QED) is 0.690. The number of hydrogen-bond donors (Lipinski definition) is 0. The average Bonchev–Trinajstić information content (AvgIpc) is 2.03. The molecule has 0 spiro atoms. The lowest BCUT2D eigenvalue weighted by Crippen LogP contribution is -1.81. The average molecular weight is 205 g/mol. The Kier molecular flexibility index (Phi) is 3.57. The van der Waals surface area contributed by atoms with Crippen LogP contribution in [-0.2, 0) is 6.42 Å². The lowest BCUT2D eigenvalue weighted by Gasteiger charge is -1.94. The van der Waals surface area contributed by atoms with E-state index in [2.05, 4.69) is 0 Å². The van der Waals surface area contributed by atoms with Gasteiger partial charge in [-0.2, -0.15) is 0 Å². The second-order valence-corrected chi connectivity index (χ2v) is 3.33. The van der Waals surface area contributed by atoms with E-state index in [-0.39, 0.29) is 10.3 Å². The molecule has 0 atom stereocenters. The van der Waals surface area contributed by atoms with Crippen molar-refractivity contribution in [1.82, 2.24) is 0 Å². The zero-order valence-corrected chi connectivity index (χ0v) is 7.74. The first kappa shape index (κ1) is 9.56. The Labute approximate surface area is 80.6 Å². The first-order chi connectivity index (χ1) is 5.68. The van der Waals surface area contributed by atoms with Crippen molar-refractivity contribution in [3.63, 3.8) is 0 Å². The van der Waals surface area contributed by atoms with Gasteiger partial charge in [0.15, 0.2) is 0 Å². The lowest BCUT2D eigenvalue weighted by molar-refractivity contribution is 0.627. The molecule has 0 aliphatic carbocycles. The van der Waals surface area contributed by atoms with Crippen LogP contribution in [0, 0.1) is 5.82 Å². The number of rotatable bonds is 2. The van der Waals surface area contributed by atoms with Gasteiger partial charge >= 0.3 is 0 Å². The van der Waals surface area contributed by atoms with Crippen LogP contribution in [0.25, 0.3) is 0 Å². The molecule has 1 aromatic rings. The van der Waals surface area contributed by atoms with Gasteiger partial charge < -0.3 is 0 Å². The van der Waals surface area contributed by atoms with Crippen LogP contribution in [0.4, 0.5) is 4.39 Å². The van der Waals surface area contributed by atoms with Gasteiger partial charge in [0.25, 0.3) is 0 Å². The molecule has 12 heavy (non-hydrogen) atoms. The number of halogens is 3. The number of benzene rings is 1. The van der Waals surface area contributed by atoms with E-state index < -0.39 is 0 Å². The van der Waals surface area contributed by atoms with Crippen molar-refractivity contribution < 1.29 is 4.39 Å². The van der Waals surface area contributed by atoms with E-state index in [1.807, 2.05) is 0 Å².